The number of H-pyrrole nitrogens is 1. The van der Waals surface area contributed by atoms with Crippen LogP contribution in [0.1, 0.15) is 0 Å². The summed E-state index contributed by atoms with van der Waals surface area (Å²) < 4.78 is 15.8. The van der Waals surface area contributed by atoms with Crippen molar-refractivity contribution in [1.29, 1.82) is 0 Å². The number of hydrogen-bond acceptors (Lipinski definition) is 4. The van der Waals surface area contributed by atoms with Gasteiger partial charge in [-0.15, -0.1) is 10.2 Å². The largest absolute Gasteiger partial charge is 0.366 e. The van der Waals surface area contributed by atoms with E-state index in [1.807, 2.05) is 48.3 Å². The molecular formula is C20H15FN6. The molecule has 0 saturated heterocycles. The fourth-order valence-electron chi connectivity index (χ4n) is 3.53. The van der Waals surface area contributed by atoms with E-state index in [2.05, 4.69) is 20.2 Å². The van der Waals surface area contributed by atoms with Gasteiger partial charge in [0.2, 0.25) is 5.95 Å². The monoisotopic (exact) mass is 358 g/mol. The number of nitrogens with zero attached hydrogens (tertiary/aromatic N) is 4. The highest BCUT2D eigenvalue weighted by atomic mass is 19.1. The highest BCUT2D eigenvalue weighted by molar-refractivity contribution is 6.02. The topological polar surface area (TPSA) is 85.4 Å². The molecular weight excluding hydrogens is 343 g/mol. The first-order valence-corrected chi connectivity index (χ1v) is 8.43. The summed E-state index contributed by atoms with van der Waals surface area (Å²) in [4.78, 5) is 7.69. The van der Waals surface area contributed by atoms with Crippen molar-refractivity contribution in [2.45, 2.75) is 0 Å². The number of aromatic nitrogens is 5. The number of aromatic amines is 1. The standard InChI is InChI=1S/C20H15FN6/c1-27-10-15(13-8-11(21)6-7-17(13)27)18-19(25-26-20(22)24-18)14-9-23-16-5-3-2-4-12(14)16/h2-10,23H,1H3,(H2,22,24,26). The Labute approximate surface area is 153 Å². The van der Waals surface area contributed by atoms with E-state index in [4.69, 9.17) is 5.73 Å². The molecule has 0 aliphatic rings. The molecule has 0 amide bonds. The highest BCUT2D eigenvalue weighted by Crippen LogP contribution is 2.37. The van der Waals surface area contributed by atoms with Gasteiger partial charge in [-0.3, -0.25) is 0 Å². The van der Waals surface area contributed by atoms with Crippen LogP contribution in [0.15, 0.2) is 54.9 Å². The van der Waals surface area contributed by atoms with Crippen molar-refractivity contribution in [2.24, 2.45) is 7.05 Å². The van der Waals surface area contributed by atoms with E-state index in [9.17, 15) is 4.39 Å². The number of fused-ring (bicyclic) bond motifs is 2. The van der Waals surface area contributed by atoms with Crippen LogP contribution in [0.25, 0.3) is 44.3 Å². The van der Waals surface area contributed by atoms with Crippen LogP contribution in [0.4, 0.5) is 10.3 Å². The van der Waals surface area contributed by atoms with Crippen LogP contribution in [0.3, 0.4) is 0 Å². The first-order chi connectivity index (χ1) is 13.1. The quantitative estimate of drug-likeness (QED) is 0.501. The third kappa shape index (κ3) is 2.36. The predicted molar refractivity (Wildman–Crippen MR) is 103 cm³/mol. The van der Waals surface area contributed by atoms with Crippen LogP contribution in [-0.4, -0.2) is 24.7 Å². The van der Waals surface area contributed by atoms with Gasteiger partial charge in [0.15, 0.2) is 0 Å². The Balaban J connectivity index is 1.84. The van der Waals surface area contributed by atoms with Crippen molar-refractivity contribution < 1.29 is 4.39 Å². The van der Waals surface area contributed by atoms with Gasteiger partial charge in [-0.2, -0.15) is 0 Å². The number of halogens is 1. The summed E-state index contributed by atoms with van der Waals surface area (Å²) in [6.07, 6.45) is 3.79. The molecule has 132 valence electrons. The lowest BCUT2D eigenvalue weighted by Gasteiger charge is -2.06. The van der Waals surface area contributed by atoms with Crippen LogP contribution in [0, 0.1) is 5.82 Å². The van der Waals surface area contributed by atoms with E-state index < -0.39 is 0 Å². The lowest BCUT2D eigenvalue weighted by Crippen LogP contribution is -2.02. The molecule has 0 unspecified atom stereocenters. The molecule has 27 heavy (non-hydrogen) atoms. The van der Waals surface area contributed by atoms with E-state index in [0.717, 1.165) is 32.9 Å². The number of benzene rings is 2. The Hall–Kier alpha value is -3.74. The SMILES string of the molecule is Cn1cc(-c2nc(N)nnc2-c2c[nH]c3ccccc23)c2cc(F)ccc21. The second-order valence-electron chi connectivity index (χ2n) is 6.43. The van der Waals surface area contributed by atoms with Gasteiger partial charge in [-0.05, 0) is 24.3 Å². The number of nitrogens with two attached hydrogens (primary N) is 1. The van der Waals surface area contributed by atoms with Crippen LogP contribution < -0.4 is 5.73 Å². The van der Waals surface area contributed by atoms with E-state index in [1.54, 1.807) is 6.07 Å². The maximum Gasteiger partial charge on any atom is 0.240 e. The Bertz CT molecular complexity index is 1320. The molecule has 3 aromatic heterocycles. The predicted octanol–water partition coefficient (Wildman–Crippen LogP) is 3.90. The molecule has 0 bridgehead atoms. The molecule has 0 fully saturated rings. The van der Waals surface area contributed by atoms with Crippen molar-refractivity contribution in [2.75, 3.05) is 5.73 Å². The molecule has 5 aromatic rings. The number of nitrogen functional groups attached to an aromatic ring is 1. The van der Waals surface area contributed by atoms with Gasteiger partial charge >= 0.3 is 0 Å². The highest BCUT2D eigenvalue weighted by Gasteiger charge is 2.20. The number of para-hydroxylation sites is 1. The minimum absolute atomic E-state index is 0.0713. The zero-order valence-corrected chi connectivity index (χ0v) is 14.4. The van der Waals surface area contributed by atoms with Gasteiger partial charge in [0, 0.05) is 52.4 Å². The van der Waals surface area contributed by atoms with Crippen LogP contribution in [-0.2, 0) is 7.05 Å². The summed E-state index contributed by atoms with van der Waals surface area (Å²) in [5.41, 5.74) is 10.5. The first-order valence-electron chi connectivity index (χ1n) is 8.43. The average Bonchev–Trinajstić information content (AvgIpc) is 3.23. The Morgan fingerprint density at radius 3 is 2.74 bits per heavy atom. The zero-order chi connectivity index (χ0) is 18.5. The summed E-state index contributed by atoms with van der Waals surface area (Å²) in [7, 11) is 1.91. The maximum absolute atomic E-state index is 13.9. The second-order valence-corrected chi connectivity index (χ2v) is 6.43. The van der Waals surface area contributed by atoms with E-state index >= 15 is 0 Å². The molecule has 0 radical (unpaired) electrons. The fraction of sp³-hybridized carbons (Fsp3) is 0.0500. The number of aryl methyl sites for hydroxylation is 1. The molecule has 0 atom stereocenters. The molecule has 6 nitrogen and oxygen atoms in total. The molecule has 0 saturated carbocycles. The number of nitrogens with one attached hydrogen (secondary N) is 1. The van der Waals surface area contributed by atoms with Gasteiger partial charge in [-0.25, -0.2) is 9.37 Å². The van der Waals surface area contributed by atoms with Crippen LogP contribution in [0.2, 0.25) is 0 Å². The summed E-state index contributed by atoms with van der Waals surface area (Å²) >= 11 is 0. The number of rotatable bonds is 2. The van der Waals surface area contributed by atoms with Gasteiger partial charge in [-0.1, -0.05) is 18.2 Å². The van der Waals surface area contributed by atoms with Crippen molar-refractivity contribution in [3.63, 3.8) is 0 Å². The van der Waals surface area contributed by atoms with Gasteiger partial charge in [0.1, 0.15) is 17.2 Å². The van der Waals surface area contributed by atoms with Crippen molar-refractivity contribution >= 4 is 27.8 Å². The van der Waals surface area contributed by atoms with Crippen LogP contribution in [0.5, 0.6) is 0 Å². The van der Waals surface area contributed by atoms with Gasteiger partial charge in [0.05, 0.1) is 0 Å². The van der Waals surface area contributed by atoms with Crippen molar-refractivity contribution in [1.82, 2.24) is 24.7 Å². The Morgan fingerprint density at radius 2 is 1.85 bits per heavy atom. The summed E-state index contributed by atoms with van der Waals surface area (Å²) in [6.45, 7) is 0. The summed E-state index contributed by atoms with van der Waals surface area (Å²) in [5, 5.41) is 10.0. The molecule has 0 spiro atoms. The lowest BCUT2D eigenvalue weighted by atomic mass is 10.0. The Kier molecular flexibility index (Phi) is 3.24. The Morgan fingerprint density at radius 1 is 1.00 bits per heavy atom. The third-order valence-corrected chi connectivity index (χ3v) is 4.75. The van der Waals surface area contributed by atoms with Crippen LogP contribution >= 0.6 is 0 Å². The van der Waals surface area contributed by atoms with Gasteiger partial charge in [0.25, 0.3) is 0 Å². The molecule has 0 aliphatic heterocycles. The van der Waals surface area contributed by atoms with E-state index in [1.165, 1.54) is 12.1 Å². The number of hydrogen-bond donors (Lipinski definition) is 2. The minimum Gasteiger partial charge on any atom is -0.366 e. The van der Waals surface area contributed by atoms with Gasteiger partial charge < -0.3 is 15.3 Å². The van der Waals surface area contributed by atoms with Crippen molar-refractivity contribution in [3.05, 3.63) is 60.7 Å². The average molecular weight is 358 g/mol. The fourth-order valence-corrected chi connectivity index (χ4v) is 3.53. The zero-order valence-electron chi connectivity index (χ0n) is 14.4. The molecule has 3 heterocycles. The van der Waals surface area contributed by atoms with E-state index in [0.29, 0.717) is 11.4 Å². The second kappa shape index (κ2) is 5.63. The normalized spacial score (nSPS) is 11.5. The summed E-state index contributed by atoms with van der Waals surface area (Å²) in [5.74, 6) is -0.236. The van der Waals surface area contributed by atoms with Crippen molar-refractivity contribution in [3.8, 4) is 22.5 Å². The lowest BCUT2D eigenvalue weighted by molar-refractivity contribution is 0.629. The maximum atomic E-state index is 13.9. The molecule has 0 aliphatic carbocycles. The molecule has 7 heteroatoms. The first kappa shape index (κ1) is 15.5. The number of anilines is 1. The molecule has 2 aromatic carbocycles. The summed E-state index contributed by atoms with van der Waals surface area (Å²) in [6, 6.07) is 12.6. The van der Waals surface area contributed by atoms with E-state index in [-0.39, 0.29) is 11.8 Å². The minimum atomic E-state index is -0.307. The smallest absolute Gasteiger partial charge is 0.240 e. The molecule has 3 N–H and O–H groups in total. The molecule has 5 rings (SSSR count). The third-order valence-electron chi connectivity index (χ3n) is 4.75.